The quantitative estimate of drug-likeness (QED) is 0.482. The van der Waals surface area contributed by atoms with Gasteiger partial charge in [-0.2, -0.15) is 0 Å². The van der Waals surface area contributed by atoms with Crippen LogP contribution < -0.4 is 15.1 Å². The highest BCUT2D eigenvalue weighted by molar-refractivity contribution is 7.13. The predicted molar refractivity (Wildman–Crippen MR) is 113 cm³/mol. The van der Waals surface area contributed by atoms with Gasteiger partial charge in [-0.1, -0.05) is 42.5 Å². The Morgan fingerprint density at radius 2 is 1.93 bits per heavy atom. The third-order valence-corrected chi connectivity index (χ3v) is 5.69. The first-order valence-electron chi connectivity index (χ1n) is 9.57. The fourth-order valence-electron chi connectivity index (χ4n) is 3.67. The molecular formula is C22H17N3O4S. The first-order valence-corrected chi connectivity index (χ1v) is 10.4. The number of rotatable bonds is 5. The average molecular weight is 419 g/mol. The second-order valence-corrected chi connectivity index (χ2v) is 7.70. The molecule has 2 aromatic heterocycles. The van der Waals surface area contributed by atoms with Gasteiger partial charge in [0.15, 0.2) is 5.43 Å². The summed E-state index contributed by atoms with van der Waals surface area (Å²) in [4.78, 5) is 28.1. The van der Waals surface area contributed by atoms with Crippen LogP contribution in [0.25, 0.3) is 11.0 Å². The fraction of sp³-hybridized carbons (Fsp3) is 0.182. The summed E-state index contributed by atoms with van der Waals surface area (Å²) in [6.45, 7) is 2.66. The molecule has 4 aromatic rings. The molecule has 150 valence electrons. The van der Waals surface area contributed by atoms with Crippen LogP contribution in [0.3, 0.4) is 0 Å². The van der Waals surface area contributed by atoms with E-state index in [1.807, 2.05) is 31.2 Å². The molecule has 1 unspecified atom stereocenters. The van der Waals surface area contributed by atoms with Crippen LogP contribution in [0, 0.1) is 0 Å². The third kappa shape index (κ3) is 2.88. The Bertz CT molecular complexity index is 1280. The summed E-state index contributed by atoms with van der Waals surface area (Å²) in [6.07, 6.45) is 0.908. The lowest BCUT2D eigenvalue weighted by atomic mass is 9.98. The number of fused-ring (bicyclic) bond motifs is 2. The standard InChI is InChI=1S/C22H17N3O4S/c1-2-11-28-14-9-7-13(8-10-14)18-17-19(26)15-5-3-4-6-16(15)29-20(17)21(27)25(18)22-24-23-12-30-22/h3-10,12,18H,2,11H2,1H3. The molecule has 8 heteroatoms. The highest BCUT2D eigenvalue weighted by Gasteiger charge is 2.44. The van der Waals surface area contributed by atoms with E-state index < -0.39 is 11.9 Å². The molecule has 2 aromatic carbocycles. The molecule has 0 fully saturated rings. The lowest BCUT2D eigenvalue weighted by Crippen LogP contribution is -2.29. The van der Waals surface area contributed by atoms with Gasteiger partial charge >= 0.3 is 0 Å². The van der Waals surface area contributed by atoms with Crippen LogP contribution in [-0.4, -0.2) is 22.7 Å². The van der Waals surface area contributed by atoms with Crippen molar-refractivity contribution in [3.8, 4) is 5.75 Å². The zero-order valence-corrected chi connectivity index (χ0v) is 16.9. The molecule has 0 aliphatic carbocycles. The molecule has 1 aliphatic heterocycles. The molecule has 0 spiro atoms. The van der Waals surface area contributed by atoms with Crippen LogP contribution in [-0.2, 0) is 0 Å². The van der Waals surface area contributed by atoms with Crippen molar-refractivity contribution < 1.29 is 13.9 Å². The predicted octanol–water partition coefficient (Wildman–Crippen LogP) is 4.18. The molecule has 0 bridgehead atoms. The van der Waals surface area contributed by atoms with E-state index in [4.69, 9.17) is 9.15 Å². The molecule has 0 N–H and O–H groups in total. The maximum Gasteiger partial charge on any atom is 0.297 e. The molecule has 7 nitrogen and oxygen atoms in total. The zero-order valence-electron chi connectivity index (χ0n) is 16.1. The Morgan fingerprint density at radius 3 is 2.67 bits per heavy atom. The van der Waals surface area contributed by atoms with Crippen molar-refractivity contribution in [2.24, 2.45) is 0 Å². The fourth-order valence-corrected chi connectivity index (χ4v) is 4.26. The lowest BCUT2D eigenvalue weighted by Gasteiger charge is -2.22. The summed E-state index contributed by atoms with van der Waals surface area (Å²) in [7, 11) is 0. The smallest absolute Gasteiger partial charge is 0.297 e. The molecule has 30 heavy (non-hydrogen) atoms. The number of hydrogen-bond acceptors (Lipinski definition) is 7. The monoisotopic (exact) mass is 419 g/mol. The maximum atomic E-state index is 13.4. The number of amides is 1. The van der Waals surface area contributed by atoms with E-state index in [1.165, 1.54) is 16.2 Å². The Morgan fingerprint density at radius 1 is 1.13 bits per heavy atom. The number of carbonyl (C=O) groups excluding carboxylic acids is 1. The first kappa shape index (κ1) is 18.5. The van der Waals surface area contributed by atoms with Crippen LogP contribution >= 0.6 is 11.3 Å². The van der Waals surface area contributed by atoms with E-state index >= 15 is 0 Å². The number of para-hydroxylation sites is 1. The Balaban J connectivity index is 1.70. The summed E-state index contributed by atoms with van der Waals surface area (Å²) in [6, 6.07) is 13.7. The van der Waals surface area contributed by atoms with Crippen molar-refractivity contribution in [3.05, 3.63) is 81.2 Å². The van der Waals surface area contributed by atoms with Crippen LogP contribution in [0.2, 0.25) is 0 Å². The van der Waals surface area contributed by atoms with Crippen LogP contribution in [0.5, 0.6) is 5.75 Å². The average Bonchev–Trinajstić information content (AvgIpc) is 3.40. The number of aromatic nitrogens is 2. The van der Waals surface area contributed by atoms with Gasteiger partial charge in [0.1, 0.15) is 16.8 Å². The minimum absolute atomic E-state index is 0.0465. The van der Waals surface area contributed by atoms with E-state index in [-0.39, 0.29) is 11.2 Å². The van der Waals surface area contributed by atoms with Crippen LogP contribution in [0.1, 0.15) is 41.1 Å². The van der Waals surface area contributed by atoms with Crippen molar-refractivity contribution in [1.82, 2.24) is 10.2 Å². The number of carbonyl (C=O) groups is 1. The van der Waals surface area contributed by atoms with Gasteiger partial charge in [-0.15, -0.1) is 10.2 Å². The van der Waals surface area contributed by atoms with Crippen molar-refractivity contribution in [3.63, 3.8) is 0 Å². The SMILES string of the molecule is CCCOc1ccc(C2c3c(oc4ccccc4c3=O)C(=O)N2c2nncs2)cc1. The van der Waals surface area contributed by atoms with Crippen molar-refractivity contribution in [2.75, 3.05) is 11.5 Å². The molecule has 0 saturated heterocycles. The van der Waals surface area contributed by atoms with Gasteiger partial charge in [-0.05, 0) is 36.2 Å². The summed E-state index contributed by atoms with van der Waals surface area (Å²) >= 11 is 1.23. The molecule has 1 amide bonds. The van der Waals surface area contributed by atoms with Gasteiger partial charge in [-0.25, -0.2) is 0 Å². The van der Waals surface area contributed by atoms with E-state index in [1.54, 1.807) is 29.8 Å². The largest absolute Gasteiger partial charge is 0.494 e. The zero-order chi connectivity index (χ0) is 20.7. The van der Waals surface area contributed by atoms with Gasteiger partial charge in [-0.3, -0.25) is 14.5 Å². The molecule has 3 heterocycles. The van der Waals surface area contributed by atoms with E-state index in [0.717, 1.165) is 17.7 Å². The molecule has 0 saturated carbocycles. The van der Waals surface area contributed by atoms with E-state index in [0.29, 0.717) is 28.3 Å². The number of nitrogens with zero attached hydrogens (tertiary/aromatic N) is 3. The first-order chi connectivity index (χ1) is 14.7. The van der Waals surface area contributed by atoms with Crippen LogP contribution in [0.15, 0.2) is 63.3 Å². The van der Waals surface area contributed by atoms with Gasteiger partial charge < -0.3 is 9.15 Å². The van der Waals surface area contributed by atoms with Gasteiger partial charge in [0, 0.05) is 0 Å². The van der Waals surface area contributed by atoms with E-state index in [2.05, 4.69) is 10.2 Å². The summed E-state index contributed by atoms with van der Waals surface area (Å²) in [5.41, 5.74) is 2.80. The Labute approximate surface area is 175 Å². The Kier molecular flexibility index (Phi) is 4.55. The molecule has 1 aliphatic rings. The summed E-state index contributed by atoms with van der Waals surface area (Å²) in [5.74, 6) is 0.379. The van der Waals surface area contributed by atoms with Crippen LogP contribution in [0.4, 0.5) is 5.13 Å². The van der Waals surface area contributed by atoms with Crippen molar-refractivity contribution >= 4 is 33.3 Å². The second kappa shape index (κ2) is 7.38. The summed E-state index contributed by atoms with van der Waals surface area (Å²) < 4.78 is 11.6. The molecule has 1 atom stereocenters. The highest BCUT2D eigenvalue weighted by atomic mass is 32.1. The van der Waals surface area contributed by atoms with E-state index in [9.17, 15) is 9.59 Å². The molecular weight excluding hydrogens is 402 g/mol. The molecule has 5 rings (SSSR count). The minimum atomic E-state index is -0.651. The maximum absolute atomic E-state index is 13.4. The lowest BCUT2D eigenvalue weighted by molar-refractivity contribution is 0.0970. The van der Waals surface area contributed by atoms with Crippen molar-refractivity contribution in [1.29, 1.82) is 0 Å². The van der Waals surface area contributed by atoms with Gasteiger partial charge in [0.2, 0.25) is 10.9 Å². The normalized spacial score (nSPS) is 15.6. The van der Waals surface area contributed by atoms with Gasteiger partial charge in [0.25, 0.3) is 5.91 Å². The van der Waals surface area contributed by atoms with Crippen molar-refractivity contribution in [2.45, 2.75) is 19.4 Å². The number of ether oxygens (including phenoxy) is 1. The Hall–Kier alpha value is -3.52. The number of benzene rings is 2. The van der Waals surface area contributed by atoms with Gasteiger partial charge in [0.05, 0.1) is 23.6 Å². The minimum Gasteiger partial charge on any atom is -0.494 e. The summed E-state index contributed by atoms with van der Waals surface area (Å²) in [5, 5.41) is 8.78. The molecule has 0 radical (unpaired) electrons. The third-order valence-electron chi connectivity index (χ3n) is 5.00. The topological polar surface area (TPSA) is 85.5 Å². The number of anilines is 1. The number of hydrogen-bond donors (Lipinski definition) is 0. The second-order valence-electron chi connectivity index (χ2n) is 6.89. The highest BCUT2D eigenvalue weighted by Crippen LogP contribution is 2.41.